The first-order chi connectivity index (χ1) is 10.0. The monoisotopic (exact) mass is 292 g/mol. The van der Waals surface area contributed by atoms with Crippen molar-refractivity contribution in [2.75, 3.05) is 13.1 Å². The first-order valence-corrected chi connectivity index (χ1v) is 6.96. The summed E-state index contributed by atoms with van der Waals surface area (Å²) in [6, 6.07) is 2.81. The average molecular weight is 292 g/mol. The number of likely N-dealkylation sites (tertiary alicyclic amines) is 1. The summed E-state index contributed by atoms with van der Waals surface area (Å²) < 4.78 is 5.05. The summed E-state index contributed by atoms with van der Waals surface area (Å²) in [5.41, 5.74) is 0. The molecule has 1 aromatic rings. The Balaban J connectivity index is 1.68. The van der Waals surface area contributed by atoms with Gasteiger partial charge >= 0.3 is 5.97 Å². The first-order valence-electron chi connectivity index (χ1n) is 6.96. The number of amides is 2. The molecule has 7 nitrogen and oxygen atoms in total. The predicted octanol–water partition coefficient (Wildman–Crippen LogP) is 0.719. The van der Waals surface area contributed by atoms with Gasteiger partial charge in [0.15, 0.2) is 5.76 Å². The molecule has 2 amide bonds. The lowest BCUT2D eigenvalue weighted by atomic mass is 9.85. The summed E-state index contributed by atoms with van der Waals surface area (Å²) in [4.78, 5) is 36.1. The van der Waals surface area contributed by atoms with Gasteiger partial charge in [0.2, 0.25) is 11.7 Å². The minimum Gasteiger partial charge on any atom is -0.475 e. The SMILES string of the molecule is O=C1CCC2CN(C(=O)c3ccc(C(=O)O)o3)CCC2N1. The zero-order valence-corrected chi connectivity index (χ0v) is 11.4. The van der Waals surface area contributed by atoms with Gasteiger partial charge in [-0.25, -0.2) is 4.79 Å². The van der Waals surface area contributed by atoms with Crippen LogP contribution in [0.1, 0.15) is 40.4 Å². The van der Waals surface area contributed by atoms with E-state index in [4.69, 9.17) is 9.52 Å². The summed E-state index contributed by atoms with van der Waals surface area (Å²) >= 11 is 0. The standard InChI is InChI=1S/C14H16N2O5/c17-12-4-1-8-7-16(6-5-9(8)15-12)13(18)10-2-3-11(21-10)14(19)20/h2-3,8-9H,1,4-7H2,(H,15,17)(H,19,20). The molecular weight excluding hydrogens is 276 g/mol. The number of furan rings is 1. The van der Waals surface area contributed by atoms with Crippen molar-refractivity contribution in [3.63, 3.8) is 0 Å². The van der Waals surface area contributed by atoms with E-state index < -0.39 is 5.97 Å². The van der Waals surface area contributed by atoms with Crippen molar-refractivity contribution < 1.29 is 23.9 Å². The fourth-order valence-electron chi connectivity index (χ4n) is 3.02. The van der Waals surface area contributed by atoms with Crippen LogP contribution in [0.25, 0.3) is 0 Å². The molecule has 0 bridgehead atoms. The third-order valence-electron chi connectivity index (χ3n) is 4.14. The lowest BCUT2D eigenvalue weighted by Crippen LogP contribution is -2.55. The van der Waals surface area contributed by atoms with Crippen LogP contribution in [-0.4, -0.2) is 46.9 Å². The quantitative estimate of drug-likeness (QED) is 0.836. The van der Waals surface area contributed by atoms with E-state index in [9.17, 15) is 14.4 Å². The van der Waals surface area contributed by atoms with Crippen molar-refractivity contribution in [2.24, 2.45) is 5.92 Å². The third-order valence-corrected chi connectivity index (χ3v) is 4.14. The minimum atomic E-state index is -1.19. The Bertz CT molecular complexity index is 594. The lowest BCUT2D eigenvalue weighted by Gasteiger charge is -2.41. The molecular formula is C14H16N2O5. The zero-order valence-electron chi connectivity index (χ0n) is 11.4. The largest absolute Gasteiger partial charge is 0.475 e. The molecule has 2 fully saturated rings. The van der Waals surface area contributed by atoms with Gasteiger partial charge in [0, 0.05) is 25.6 Å². The maximum Gasteiger partial charge on any atom is 0.371 e. The summed E-state index contributed by atoms with van der Waals surface area (Å²) in [6.45, 7) is 1.09. The first kappa shape index (κ1) is 13.7. The smallest absolute Gasteiger partial charge is 0.371 e. The zero-order chi connectivity index (χ0) is 15.0. The molecule has 2 aliphatic rings. The van der Waals surface area contributed by atoms with Crippen LogP contribution in [0.15, 0.2) is 16.5 Å². The number of nitrogens with zero attached hydrogens (tertiary/aromatic N) is 1. The maximum absolute atomic E-state index is 12.3. The lowest BCUT2D eigenvalue weighted by molar-refractivity contribution is -0.125. The summed E-state index contributed by atoms with van der Waals surface area (Å²) in [7, 11) is 0. The van der Waals surface area contributed by atoms with E-state index in [0.717, 1.165) is 6.42 Å². The van der Waals surface area contributed by atoms with E-state index in [1.807, 2.05) is 0 Å². The van der Waals surface area contributed by atoms with E-state index in [0.29, 0.717) is 25.9 Å². The second-order valence-corrected chi connectivity index (χ2v) is 5.48. The molecule has 0 saturated carbocycles. The Morgan fingerprint density at radius 3 is 2.76 bits per heavy atom. The number of piperidine rings is 2. The Morgan fingerprint density at radius 1 is 1.29 bits per heavy atom. The van der Waals surface area contributed by atoms with Crippen molar-refractivity contribution in [3.8, 4) is 0 Å². The number of aromatic carboxylic acids is 1. The second-order valence-electron chi connectivity index (χ2n) is 5.48. The highest BCUT2D eigenvalue weighted by molar-refractivity contribution is 5.93. The van der Waals surface area contributed by atoms with Crippen LogP contribution in [-0.2, 0) is 4.79 Å². The average Bonchev–Trinajstić information content (AvgIpc) is 2.96. The van der Waals surface area contributed by atoms with E-state index >= 15 is 0 Å². The van der Waals surface area contributed by atoms with Crippen LogP contribution in [0.5, 0.6) is 0 Å². The van der Waals surface area contributed by atoms with Gasteiger partial charge in [-0.3, -0.25) is 9.59 Å². The molecule has 2 atom stereocenters. The van der Waals surface area contributed by atoms with E-state index in [2.05, 4.69) is 5.32 Å². The van der Waals surface area contributed by atoms with E-state index in [-0.39, 0.29) is 35.3 Å². The minimum absolute atomic E-state index is 0.0469. The predicted molar refractivity (Wildman–Crippen MR) is 70.8 cm³/mol. The summed E-state index contributed by atoms with van der Waals surface area (Å²) in [5.74, 6) is -1.34. The van der Waals surface area contributed by atoms with Crippen molar-refractivity contribution in [1.29, 1.82) is 0 Å². The van der Waals surface area contributed by atoms with Crippen LogP contribution >= 0.6 is 0 Å². The number of carbonyl (C=O) groups excluding carboxylic acids is 2. The van der Waals surface area contributed by atoms with Gasteiger partial charge in [0.1, 0.15) is 0 Å². The number of nitrogens with one attached hydrogen (secondary N) is 1. The van der Waals surface area contributed by atoms with Gasteiger partial charge in [-0.2, -0.15) is 0 Å². The molecule has 3 heterocycles. The highest BCUT2D eigenvalue weighted by atomic mass is 16.4. The Kier molecular flexibility index (Phi) is 3.40. The van der Waals surface area contributed by atoms with Crippen LogP contribution in [0, 0.1) is 5.92 Å². The molecule has 3 rings (SSSR count). The molecule has 0 aromatic carbocycles. The number of carboxylic acids is 1. The number of hydrogen-bond donors (Lipinski definition) is 2. The molecule has 2 N–H and O–H groups in total. The maximum atomic E-state index is 12.3. The van der Waals surface area contributed by atoms with Crippen molar-refractivity contribution in [2.45, 2.75) is 25.3 Å². The van der Waals surface area contributed by atoms with Crippen LogP contribution < -0.4 is 5.32 Å². The highest BCUT2D eigenvalue weighted by Gasteiger charge is 2.36. The van der Waals surface area contributed by atoms with Crippen LogP contribution in [0.2, 0.25) is 0 Å². The van der Waals surface area contributed by atoms with Gasteiger partial charge in [-0.1, -0.05) is 0 Å². The number of rotatable bonds is 2. The Morgan fingerprint density at radius 2 is 2.05 bits per heavy atom. The second kappa shape index (κ2) is 5.23. The fourth-order valence-corrected chi connectivity index (χ4v) is 3.02. The van der Waals surface area contributed by atoms with Crippen molar-refractivity contribution >= 4 is 17.8 Å². The number of fused-ring (bicyclic) bond motifs is 1. The molecule has 2 saturated heterocycles. The van der Waals surface area contributed by atoms with E-state index in [1.165, 1.54) is 12.1 Å². The van der Waals surface area contributed by atoms with Crippen LogP contribution in [0.3, 0.4) is 0 Å². The molecule has 0 radical (unpaired) electrons. The summed E-state index contributed by atoms with van der Waals surface area (Å²) in [6.07, 6.45) is 1.99. The molecule has 7 heteroatoms. The normalized spacial score (nSPS) is 25.1. The van der Waals surface area contributed by atoms with Crippen molar-refractivity contribution in [1.82, 2.24) is 10.2 Å². The van der Waals surface area contributed by atoms with Gasteiger partial charge in [-0.05, 0) is 30.9 Å². The van der Waals surface area contributed by atoms with Gasteiger partial charge in [0.05, 0.1) is 0 Å². The van der Waals surface area contributed by atoms with Gasteiger partial charge in [0.25, 0.3) is 5.91 Å². The molecule has 0 spiro atoms. The van der Waals surface area contributed by atoms with Crippen molar-refractivity contribution in [3.05, 3.63) is 23.7 Å². The number of hydrogen-bond acceptors (Lipinski definition) is 4. The summed E-state index contributed by atoms with van der Waals surface area (Å²) in [5, 5.41) is 11.8. The Labute approximate surface area is 120 Å². The Hall–Kier alpha value is -2.31. The molecule has 112 valence electrons. The number of carbonyl (C=O) groups is 3. The highest BCUT2D eigenvalue weighted by Crippen LogP contribution is 2.26. The molecule has 2 aliphatic heterocycles. The molecule has 1 aromatic heterocycles. The molecule has 21 heavy (non-hydrogen) atoms. The third kappa shape index (κ3) is 2.63. The van der Waals surface area contributed by atoms with E-state index in [1.54, 1.807) is 4.90 Å². The topological polar surface area (TPSA) is 99.9 Å². The fraction of sp³-hybridized carbons (Fsp3) is 0.500. The van der Waals surface area contributed by atoms with Gasteiger partial charge in [-0.15, -0.1) is 0 Å². The number of carboxylic acid groups (broad SMARTS) is 1. The molecule has 0 aliphatic carbocycles. The van der Waals surface area contributed by atoms with Gasteiger partial charge < -0.3 is 19.7 Å². The van der Waals surface area contributed by atoms with Crippen LogP contribution in [0.4, 0.5) is 0 Å². The molecule has 2 unspecified atom stereocenters.